The minimum atomic E-state index is -3.91. The van der Waals surface area contributed by atoms with Crippen molar-refractivity contribution < 1.29 is 17.2 Å². The normalized spacial score (nSPS) is 11.1. The average molecular weight is 308 g/mol. The van der Waals surface area contributed by atoms with Gasteiger partial charge in [0.05, 0.1) is 28.0 Å². The van der Waals surface area contributed by atoms with Gasteiger partial charge in [0.2, 0.25) is 0 Å². The third-order valence-corrected chi connectivity index (χ3v) is 4.52. The van der Waals surface area contributed by atoms with Gasteiger partial charge in [-0.25, -0.2) is 17.2 Å². The van der Waals surface area contributed by atoms with Crippen molar-refractivity contribution in [2.45, 2.75) is 10.6 Å². The van der Waals surface area contributed by atoms with E-state index >= 15 is 0 Å². The van der Waals surface area contributed by atoms with Crippen LogP contribution in [0.5, 0.6) is 0 Å². The van der Waals surface area contributed by atoms with Crippen LogP contribution in [0.15, 0.2) is 41.3 Å². The molecule has 2 rings (SSSR count). The second-order valence-corrected chi connectivity index (χ2v) is 6.35. The molecule has 0 spiro atoms. The molecule has 0 fully saturated rings. The number of rotatable bonds is 3. The molecule has 0 aliphatic rings. The monoisotopic (exact) mass is 308 g/mol. The lowest BCUT2D eigenvalue weighted by Crippen LogP contribution is -2.07. The number of nitrogens with two attached hydrogens (primary N) is 1. The Morgan fingerprint density at radius 1 is 1.10 bits per heavy atom. The van der Waals surface area contributed by atoms with Crippen molar-refractivity contribution in [1.82, 2.24) is 0 Å². The molecule has 0 saturated carbocycles. The summed E-state index contributed by atoms with van der Waals surface area (Å²) < 4.78 is 51.3. The largest absolute Gasteiger partial charge is 0.396 e. The molecule has 0 unspecified atom stereocenters. The van der Waals surface area contributed by atoms with Crippen LogP contribution in [-0.4, -0.2) is 8.42 Å². The maximum absolute atomic E-state index is 13.7. The van der Waals surface area contributed by atoms with Gasteiger partial charge in [0, 0.05) is 5.56 Å². The van der Waals surface area contributed by atoms with E-state index in [1.807, 2.05) is 0 Å². The third kappa shape index (κ3) is 3.17. The molecule has 0 aliphatic carbocycles. The van der Waals surface area contributed by atoms with Crippen LogP contribution in [-0.2, 0) is 15.6 Å². The van der Waals surface area contributed by atoms with E-state index in [0.717, 1.165) is 24.3 Å². The number of hydrogen-bond donors (Lipinski definition) is 1. The highest BCUT2D eigenvalue weighted by atomic mass is 32.2. The Morgan fingerprint density at radius 3 is 2.38 bits per heavy atom. The van der Waals surface area contributed by atoms with E-state index in [1.165, 1.54) is 12.1 Å². The Morgan fingerprint density at radius 2 is 1.81 bits per heavy atom. The van der Waals surface area contributed by atoms with E-state index in [2.05, 4.69) is 0 Å². The maximum atomic E-state index is 13.7. The van der Waals surface area contributed by atoms with Gasteiger partial charge >= 0.3 is 0 Å². The first kappa shape index (κ1) is 14.9. The van der Waals surface area contributed by atoms with Crippen LogP contribution < -0.4 is 5.73 Å². The third-order valence-electron chi connectivity index (χ3n) is 2.86. The lowest BCUT2D eigenvalue weighted by molar-refractivity contribution is 0.584. The highest BCUT2D eigenvalue weighted by Gasteiger charge is 2.19. The molecular weight excluding hydrogens is 298 g/mol. The van der Waals surface area contributed by atoms with Gasteiger partial charge in [0.15, 0.2) is 9.84 Å². The highest BCUT2D eigenvalue weighted by molar-refractivity contribution is 7.90. The van der Waals surface area contributed by atoms with Crippen molar-refractivity contribution in [3.8, 4) is 6.07 Å². The lowest BCUT2D eigenvalue weighted by Gasteiger charge is -2.07. The molecule has 0 radical (unpaired) electrons. The summed E-state index contributed by atoms with van der Waals surface area (Å²) in [4.78, 5) is -0.280. The van der Waals surface area contributed by atoms with E-state index < -0.39 is 27.2 Å². The van der Waals surface area contributed by atoms with Crippen molar-refractivity contribution in [2.24, 2.45) is 0 Å². The van der Waals surface area contributed by atoms with Crippen LogP contribution in [0, 0.1) is 23.0 Å². The fourth-order valence-electron chi connectivity index (χ4n) is 1.72. The van der Waals surface area contributed by atoms with Crippen molar-refractivity contribution in [2.75, 3.05) is 5.73 Å². The summed E-state index contributed by atoms with van der Waals surface area (Å²) >= 11 is 0. The molecule has 0 aromatic heterocycles. The second kappa shape index (κ2) is 5.50. The SMILES string of the molecule is N#Cc1ccc(CS(=O)(=O)c2ccc(N)c(F)c2)c(F)c1. The van der Waals surface area contributed by atoms with Crippen LogP contribution in [0.3, 0.4) is 0 Å². The molecule has 4 nitrogen and oxygen atoms in total. The zero-order valence-electron chi connectivity index (χ0n) is 10.7. The topological polar surface area (TPSA) is 84.0 Å². The number of hydrogen-bond acceptors (Lipinski definition) is 4. The van der Waals surface area contributed by atoms with Crippen molar-refractivity contribution in [3.05, 3.63) is 59.2 Å². The minimum absolute atomic E-state index is 0.0900. The van der Waals surface area contributed by atoms with E-state index in [0.29, 0.717) is 0 Å². The lowest BCUT2D eigenvalue weighted by atomic mass is 10.1. The Bertz CT molecular complexity index is 843. The van der Waals surface area contributed by atoms with Crippen LogP contribution in [0.2, 0.25) is 0 Å². The summed E-state index contributed by atoms with van der Waals surface area (Å²) in [7, 11) is -3.91. The van der Waals surface area contributed by atoms with Gasteiger partial charge in [-0.2, -0.15) is 5.26 Å². The van der Waals surface area contributed by atoms with Crippen LogP contribution >= 0.6 is 0 Å². The number of sulfone groups is 1. The Kier molecular flexibility index (Phi) is 3.91. The zero-order chi connectivity index (χ0) is 15.6. The number of anilines is 1. The minimum Gasteiger partial charge on any atom is -0.396 e. The highest BCUT2D eigenvalue weighted by Crippen LogP contribution is 2.22. The molecule has 0 bridgehead atoms. The van der Waals surface area contributed by atoms with Gasteiger partial charge < -0.3 is 5.73 Å². The predicted octanol–water partition coefficient (Wildman–Crippen LogP) is 2.39. The Balaban J connectivity index is 2.37. The summed E-state index contributed by atoms with van der Waals surface area (Å²) in [6.07, 6.45) is 0. The molecule has 0 atom stereocenters. The number of nitriles is 1. The van der Waals surface area contributed by atoms with Gasteiger partial charge in [-0.3, -0.25) is 0 Å². The van der Waals surface area contributed by atoms with Gasteiger partial charge in [-0.05, 0) is 30.3 Å². The number of nitrogen functional groups attached to an aromatic ring is 1. The number of nitrogens with zero attached hydrogens (tertiary/aromatic N) is 1. The van der Waals surface area contributed by atoms with Crippen molar-refractivity contribution in [3.63, 3.8) is 0 Å². The first-order chi connectivity index (χ1) is 9.83. The molecule has 0 heterocycles. The van der Waals surface area contributed by atoms with Gasteiger partial charge in [-0.15, -0.1) is 0 Å². The molecule has 2 aromatic rings. The van der Waals surface area contributed by atoms with Crippen LogP contribution in [0.25, 0.3) is 0 Å². The quantitative estimate of drug-likeness (QED) is 0.882. The van der Waals surface area contributed by atoms with E-state index in [9.17, 15) is 17.2 Å². The fourth-order valence-corrected chi connectivity index (χ4v) is 3.09. The maximum Gasteiger partial charge on any atom is 0.182 e. The summed E-state index contributed by atoms with van der Waals surface area (Å²) in [5, 5.41) is 8.63. The van der Waals surface area contributed by atoms with Crippen LogP contribution in [0.4, 0.5) is 14.5 Å². The predicted molar refractivity (Wildman–Crippen MR) is 72.8 cm³/mol. The van der Waals surface area contributed by atoms with Gasteiger partial charge in [-0.1, -0.05) is 6.07 Å². The van der Waals surface area contributed by atoms with Crippen molar-refractivity contribution in [1.29, 1.82) is 5.26 Å². The molecule has 7 heteroatoms. The Labute approximate surface area is 120 Å². The van der Waals surface area contributed by atoms with Gasteiger partial charge in [0.25, 0.3) is 0 Å². The summed E-state index contributed by atoms with van der Waals surface area (Å²) in [5.41, 5.74) is 5.11. The van der Waals surface area contributed by atoms with Crippen LogP contribution in [0.1, 0.15) is 11.1 Å². The average Bonchev–Trinajstić information content (AvgIpc) is 2.43. The molecule has 108 valence electrons. The summed E-state index contributed by atoms with van der Waals surface area (Å²) in [5.74, 6) is -2.28. The molecule has 2 aromatic carbocycles. The Hall–Kier alpha value is -2.46. The van der Waals surface area contributed by atoms with Gasteiger partial charge in [0.1, 0.15) is 11.6 Å². The number of benzene rings is 2. The number of halogens is 2. The molecule has 0 amide bonds. The first-order valence-electron chi connectivity index (χ1n) is 5.80. The molecular formula is C14H10F2N2O2S. The second-order valence-electron chi connectivity index (χ2n) is 4.36. The van der Waals surface area contributed by atoms with E-state index in [4.69, 9.17) is 11.0 Å². The molecule has 2 N–H and O–H groups in total. The van der Waals surface area contributed by atoms with E-state index in [1.54, 1.807) is 6.07 Å². The molecule has 21 heavy (non-hydrogen) atoms. The molecule has 0 saturated heterocycles. The smallest absolute Gasteiger partial charge is 0.182 e. The van der Waals surface area contributed by atoms with E-state index in [-0.39, 0.29) is 21.7 Å². The van der Waals surface area contributed by atoms with Crippen molar-refractivity contribution >= 4 is 15.5 Å². The molecule has 0 aliphatic heterocycles. The summed E-state index contributed by atoms with van der Waals surface area (Å²) in [6.45, 7) is 0. The zero-order valence-corrected chi connectivity index (χ0v) is 11.5. The first-order valence-corrected chi connectivity index (χ1v) is 7.45. The fraction of sp³-hybridized carbons (Fsp3) is 0.0714. The summed E-state index contributed by atoms with van der Waals surface area (Å²) in [6, 6.07) is 8.34. The standard InChI is InChI=1S/C14H10F2N2O2S/c15-12-5-9(7-17)1-2-10(12)8-21(19,20)11-3-4-14(18)13(16)6-11/h1-6H,8,18H2.